The van der Waals surface area contributed by atoms with Gasteiger partial charge in [0.2, 0.25) is 0 Å². The summed E-state index contributed by atoms with van der Waals surface area (Å²) >= 11 is 0. The number of alkyl carbamates (subject to hydrolysis) is 1. The van der Waals surface area contributed by atoms with Gasteiger partial charge in [0.15, 0.2) is 0 Å². The summed E-state index contributed by atoms with van der Waals surface area (Å²) in [6.07, 6.45) is 1.33. The smallest absolute Gasteiger partial charge is 0.408 e. The molecule has 1 aromatic rings. The van der Waals surface area contributed by atoms with E-state index in [1.54, 1.807) is 0 Å². The Morgan fingerprint density at radius 2 is 2.00 bits per heavy atom. The van der Waals surface area contributed by atoms with Crippen molar-refractivity contribution < 1.29 is 19.4 Å². The second-order valence-electron chi connectivity index (χ2n) is 4.24. The molecule has 0 saturated heterocycles. The molecule has 0 aromatic heterocycles. The summed E-state index contributed by atoms with van der Waals surface area (Å²) < 4.78 is 4.98. The van der Waals surface area contributed by atoms with E-state index in [-0.39, 0.29) is 6.61 Å². The first-order chi connectivity index (χ1) is 9.13. The predicted molar refractivity (Wildman–Crippen MR) is 70.7 cm³/mol. The van der Waals surface area contributed by atoms with Gasteiger partial charge in [-0.25, -0.2) is 9.59 Å². The van der Waals surface area contributed by atoms with E-state index < -0.39 is 18.1 Å². The summed E-state index contributed by atoms with van der Waals surface area (Å²) in [5.41, 5.74) is 0.859. The Kier molecular flexibility index (Phi) is 6.43. The van der Waals surface area contributed by atoms with Crippen LogP contribution in [0.25, 0.3) is 0 Å². The number of unbranched alkanes of at least 4 members (excludes halogenated alkanes) is 1. The van der Waals surface area contributed by atoms with E-state index in [9.17, 15) is 9.59 Å². The zero-order valence-corrected chi connectivity index (χ0v) is 11.0. The minimum Gasteiger partial charge on any atom is -0.480 e. The molecule has 0 spiro atoms. The Hall–Kier alpha value is -2.04. The number of hydrogen-bond donors (Lipinski definition) is 2. The summed E-state index contributed by atoms with van der Waals surface area (Å²) in [4.78, 5) is 22.4. The highest BCUT2D eigenvalue weighted by atomic mass is 16.5. The molecule has 1 aromatic carbocycles. The maximum absolute atomic E-state index is 11.5. The second kappa shape index (κ2) is 8.13. The van der Waals surface area contributed by atoms with Gasteiger partial charge in [0, 0.05) is 0 Å². The van der Waals surface area contributed by atoms with E-state index in [0.29, 0.717) is 6.42 Å². The Morgan fingerprint density at radius 1 is 1.32 bits per heavy atom. The Balaban J connectivity index is 2.38. The van der Waals surface area contributed by atoms with Gasteiger partial charge in [-0.05, 0) is 12.0 Å². The zero-order valence-electron chi connectivity index (χ0n) is 11.0. The van der Waals surface area contributed by atoms with E-state index in [1.165, 1.54) is 0 Å². The van der Waals surface area contributed by atoms with Gasteiger partial charge in [0.1, 0.15) is 12.6 Å². The lowest BCUT2D eigenvalue weighted by molar-refractivity contribution is -0.139. The molecule has 0 radical (unpaired) electrons. The van der Waals surface area contributed by atoms with Gasteiger partial charge in [-0.2, -0.15) is 0 Å². The molecule has 104 valence electrons. The quantitative estimate of drug-likeness (QED) is 0.794. The molecule has 0 fully saturated rings. The van der Waals surface area contributed by atoms with Crippen molar-refractivity contribution in [2.75, 3.05) is 0 Å². The molecule has 0 aliphatic carbocycles. The van der Waals surface area contributed by atoms with Gasteiger partial charge in [-0.3, -0.25) is 0 Å². The molecule has 1 rings (SSSR count). The molecule has 0 aliphatic heterocycles. The topological polar surface area (TPSA) is 75.6 Å². The van der Waals surface area contributed by atoms with Crippen molar-refractivity contribution in [1.29, 1.82) is 0 Å². The largest absolute Gasteiger partial charge is 0.480 e. The third kappa shape index (κ3) is 5.90. The number of ether oxygens (including phenoxy) is 1. The molecule has 5 nitrogen and oxygen atoms in total. The van der Waals surface area contributed by atoms with Crippen molar-refractivity contribution in [3.63, 3.8) is 0 Å². The van der Waals surface area contributed by atoms with Crippen molar-refractivity contribution in [3.8, 4) is 0 Å². The Bertz CT molecular complexity index is 405. The Morgan fingerprint density at radius 3 is 2.58 bits per heavy atom. The van der Waals surface area contributed by atoms with Crippen LogP contribution in [0.2, 0.25) is 0 Å². The molecule has 19 heavy (non-hydrogen) atoms. The van der Waals surface area contributed by atoms with Crippen LogP contribution < -0.4 is 5.32 Å². The van der Waals surface area contributed by atoms with Crippen LogP contribution in [0, 0.1) is 0 Å². The molecule has 0 bridgehead atoms. The maximum Gasteiger partial charge on any atom is 0.408 e. The fourth-order valence-corrected chi connectivity index (χ4v) is 1.57. The highest BCUT2D eigenvalue weighted by Crippen LogP contribution is 2.03. The number of aliphatic carboxylic acids is 1. The van der Waals surface area contributed by atoms with Crippen LogP contribution in [-0.4, -0.2) is 23.2 Å². The van der Waals surface area contributed by atoms with E-state index in [4.69, 9.17) is 9.84 Å². The van der Waals surface area contributed by atoms with Gasteiger partial charge >= 0.3 is 12.1 Å². The predicted octanol–water partition coefficient (Wildman–Crippen LogP) is 2.56. The fraction of sp³-hybridized carbons (Fsp3) is 0.429. The summed E-state index contributed by atoms with van der Waals surface area (Å²) in [6, 6.07) is 8.34. The molecule has 1 atom stereocenters. The normalized spacial score (nSPS) is 11.6. The standard InChI is InChI=1S/C14H19NO4/c1-2-3-9-12(13(16)17)15-14(18)19-10-11-7-5-4-6-8-11/h4-8,12H,2-3,9-10H2,1H3,(H,15,18)(H,16,17). The van der Waals surface area contributed by atoms with E-state index in [0.717, 1.165) is 18.4 Å². The van der Waals surface area contributed by atoms with Crippen molar-refractivity contribution >= 4 is 12.1 Å². The highest BCUT2D eigenvalue weighted by Gasteiger charge is 2.19. The van der Waals surface area contributed by atoms with Crippen LogP contribution in [-0.2, 0) is 16.1 Å². The summed E-state index contributed by atoms with van der Waals surface area (Å²) in [7, 11) is 0. The third-order valence-corrected chi connectivity index (χ3v) is 2.65. The molecule has 2 N–H and O–H groups in total. The number of carbonyl (C=O) groups is 2. The summed E-state index contributed by atoms with van der Waals surface area (Å²) in [6.45, 7) is 2.10. The average molecular weight is 265 g/mol. The van der Waals surface area contributed by atoms with Crippen molar-refractivity contribution in [3.05, 3.63) is 35.9 Å². The van der Waals surface area contributed by atoms with Crippen LogP contribution in [0.5, 0.6) is 0 Å². The first-order valence-electron chi connectivity index (χ1n) is 6.33. The van der Waals surface area contributed by atoms with Gasteiger partial charge in [0.25, 0.3) is 0 Å². The number of amides is 1. The minimum atomic E-state index is -1.04. The molecule has 0 aliphatic rings. The molecule has 0 saturated carbocycles. The van der Waals surface area contributed by atoms with Crippen molar-refractivity contribution in [2.45, 2.75) is 38.8 Å². The lowest BCUT2D eigenvalue weighted by Crippen LogP contribution is -2.40. The van der Waals surface area contributed by atoms with Crippen molar-refractivity contribution in [1.82, 2.24) is 5.32 Å². The zero-order chi connectivity index (χ0) is 14.1. The van der Waals surface area contributed by atoms with Gasteiger partial charge in [-0.1, -0.05) is 50.1 Å². The first-order valence-corrected chi connectivity index (χ1v) is 6.33. The Labute approximate surface area is 112 Å². The monoisotopic (exact) mass is 265 g/mol. The molecule has 1 unspecified atom stereocenters. The van der Waals surface area contributed by atoms with Crippen LogP contribution in [0.3, 0.4) is 0 Å². The van der Waals surface area contributed by atoms with E-state index in [2.05, 4.69) is 5.32 Å². The van der Waals surface area contributed by atoms with Crippen LogP contribution in [0.15, 0.2) is 30.3 Å². The molecule has 0 heterocycles. The summed E-state index contributed by atoms with van der Waals surface area (Å²) in [5, 5.41) is 11.3. The summed E-state index contributed by atoms with van der Waals surface area (Å²) in [5.74, 6) is -1.04. The van der Waals surface area contributed by atoms with Crippen LogP contribution in [0.4, 0.5) is 4.79 Å². The number of benzene rings is 1. The average Bonchev–Trinajstić information content (AvgIpc) is 2.42. The lowest BCUT2D eigenvalue weighted by atomic mass is 10.1. The number of rotatable bonds is 7. The molecule has 5 heteroatoms. The van der Waals surface area contributed by atoms with Crippen LogP contribution >= 0.6 is 0 Å². The molecule has 1 amide bonds. The number of carboxylic acid groups (broad SMARTS) is 1. The van der Waals surface area contributed by atoms with Gasteiger partial charge < -0.3 is 15.2 Å². The van der Waals surface area contributed by atoms with Gasteiger partial charge in [-0.15, -0.1) is 0 Å². The molecular formula is C14H19NO4. The lowest BCUT2D eigenvalue weighted by Gasteiger charge is -2.14. The fourth-order valence-electron chi connectivity index (χ4n) is 1.57. The third-order valence-electron chi connectivity index (χ3n) is 2.65. The maximum atomic E-state index is 11.5. The number of carbonyl (C=O) groups excluding carboxylic acids is 1. The number of hydrogen-bond acceptors (Lipinski definition) is 3. The van der Waals surface area contributed by atoms with E-state index in [1.807, 2.05) is 37.3 Å². The second-order valence-corrected chi connectivity index (χ2v) is 4.24. The minimum absolute atomic E-state index is 0.132. The number of nitrogens with one attached hydrogen (secondary N) is 1. The van der Waals surface area contributed by atoms with E-state index >= 15 is 0 Å². The molecular weight excluding hydrogens is 246 g/mol. The highest BCUT2D eigenvalue weighted by molar-refractivity contribution is 5.79. The van der Waals surface area contributed by atoms with Crippen molar-refractivity contribution in [2.24, 2.45) is 0 Å². The number of carboxylic acids is 1. The van der Waals surface area contributed by atoms with Crippen LogP contribution in [0.1, 0.15) is 31.7 Å². The van der Waals surface area contributed by atoms with Gasteiger partial charge in [0.05, 0.1) is 0 Å². The first kappa shape index (κ1) is 15.0. The SMILES string of the molecule is CCCCC(NC(=O)OCc1ccccc1)C(=O)O.